The first kappa shape index (κ1) is 15.6. The van der Waals surface area contributed by atoms with Crippen LogP contribution >= 0.6 is 0 Å². The van der Waals surface area contributed by atoms with Gasteiger partial charge in [-0.15, -0.1) is 0 Å². The molecule has 1 aromatic heterocycles. The third kappa shape index (κ3) is 5.01. The Kier molecular flexibility index (Phi) is 6.09. The van der Waals surface area contributed by atoms with Gasteiger partial charge in [-0.2, -0.15) is 0 Å². The van der Waals surface area contributed by atoms with Crippen LogP contribution in [0, 0.1) is 0 Å². The number of anilines is 1. The van der Waals surface area contributed by atoms with Crippen LogP contribution in [0.15, 0.2) is 49.2 Å². The van der Waals surface area contributed by atoms with Gasteiger partial charge in [-0.3, -0.25) is 0 Å². The van der Waals surface area contributed by atoms with E-state index in [0.29, 0.717) is 17.9 Å². The van der Waals surface area contributed by atoms with E-state index in [0.717, 1.165) is 0 Å². The molecule has 0 aliphatic rings. The number of rotatable bonds is 7. The molecule has 0 aliphatic carbocycles. The first-order chi connectivity index (χ1) is 9.54. The molecule has 0 bridgehead atoms. The largest absolute Gasteiger partial charge is 0.462 e. The number of ether oxygens (including phenoxy) is 1. The Hall–Kier alpha value is -2.50. The van der Waals surface area contributed by atoms with Gasteiger partial charge < -0.3 is 10.1 Å². The maximum Gasteiger partial charge on any atom is 0.343 e. The second kappa shape index (κ2) is 7.83. The molecule has 0 unspecified atom stereocenters. The highest BCUT2D eigenvalue weighted by Crippen LogP contribution is 2.12. The molecule has 0 aliphatic heterocycles. The molecule has 1 heterocycles. The van der Waals surface area contributed by atoms with Crippen molar-refractivity contribution in [1.82, 2.24) is 9.97 Å². The number of nitrogens with zero attached hydrogens (tertiary/aromatic N) is 2. The van der Waals surface area contributed by atoms with Crippen LogP contribution in [0.25, 0.3) is 0 Å². The van der Waals surface area contributed by atoms with Crippen molar-refractivity contribution in [2.75, 3.05) is 18.5 Å². The number of carbonyl (C=O) groups is 1. The van der Waals surface area contributed by atoms with Crippen molar-refractivity contribution in [2.45, 2.75) is 6.92 Å². The molecule has 106 valence electrons. The number of aromatic nitrogens is 2. The van der Waals surface area contributed by atoms with Crippen molar-refractivity contribution in [3.05, 3.63) is 54.8 Å². The lowest BCUT2D eigenvalue weighted by Crippen LogP contribution is -2.13. The standard InChI is InChI=1S/C14H16FN3O2/c1-4-20-14(19)12-8-16-9-18-13(12)17-7-10(2)5-6-11(3)15/h5-6,8-9H,2-4,7H2,1H3,(H,16,17,18)/b6-5-. The number of hydrogen-bond donors (Lipinski definition) is 1. The van der Waals surface area contributed by atoms with E-state index in [9.17, 15) is 9.18 Å². The van der Waals surface area contributed by atoms with Crippen molar-refractivity contribution in [3.8, 4) is 0 Å². The molecule has 1 N–H and O–H groups in total. The van der Waals surface area contributed by atoms with Gasteiger partial charge in [0, 0.05) is 12.7 Å². The maximum absolute atomic E-state index is 12.5. The molecule has 20 heavy (non-hydrogen) atoms. The van der Waals surface area contributed by atoms with E-state index in [-0.39, 0.29) is 12.2 Å². The Balaban J connectivity index is 2.71. The van der Waals surface area contributed by atoms with E-state index in [1.54, 1.807) is 6.92 Å². The smallest absolute Gasteiger partial charge is 0.343 e. The van der Waals surface area contributed by atoms with Crippen molar-refractivity contribution in [1.29, 1.82) is 0 Å². The Morgan fingerprint density at radius 1 is 1.50 bits per heavy atom. The van der Waals surface area contributed by atoms with Crippen molar-refractivity contribution in [2.24, 2.45) is 0 Å². The van der Waals surface area contributed by atoms with Crippen LogP contribution in [0.1, 0.15) is 17.3 Å². The number of hydrogen-bond acceptors (Lipinski definition) is 5. The van der Waals surface area contributed by atoms with Crippen molar-refractivity contribution >= 4 is 11.8 Å². The average Bonchev–Trinajstić information content (AvgIpc) is 2.43. The molecule has 5 nitrogen and oxygen atoms in total. The highest BCUT2D eigenvalue weighted by molar-refractivity contribution is 5.94. The van der Waals surface area contributed by atoms with Gasteiger partial charge in [0.15, 0.2) is 0 Å². The maximum atomic E-state index is 12.5. The first-order valence-corrected chi connectivity index (χ1v) is 5.95. The fraction of sp³-hybridized carbons (Fsp3) is 0.214. The van der Waals surface area contributed by atoms with Gasteiger partial charge in [0.1, 0.15) is 23.5 Å². The first-order valence-electron chi connectivity index (χ1n) is 5.95. The second-order valence-corrected chi connectivity index (χ2v) is 3.80. The average molecular weight is 277 g/mol. The highest BCUT2D eigenvalue weighted by Gasteiger charge is 2.13. The lowest BCUT2D eigenvalue weighted by atomic mass is 10.2. The molecule has 0 radical (unpaired) electrons. The van der Waals surface area contributed by atoms with Crippen molar-refractivity contribution in [3.63, 3.8) is 0 Å². The molecule has 0 saturated carbocycles. The van der Waals surface area contributed by atoms with Crippen LogP contribution in [0.4, 0.5) is 10.2 Å². The quantitative estimate of drug-likeness (QED) is 0.613. The van der Waals surface area contributed by atoms with Gasteiger partial charge in [-0.05, 0) is 18.6 Å². The number of allylic oxidation sites excluding steroid dienone is 2. The summed E-state index contributed by atoms with van der Waals surface area (Å²) < 4.78 is 17.4. The molecule has 0 atom stereocenters. The van der Waals surface area contributed by atoms with Crippen LogP contribution in [-0.2, 0) is 4.74 Å². The molecular formula is C14H16FN3O2. The summed E-state index contributed by atoms with van der Waals surface area (Å²) in [6.45, 7) is 9.12. The number of carbonyl (C=O) groups excluding carboxylic acids is 1. The minimum absolute atomic E-state index is 0.237. The van der Waals surface area contributed by atoms with Gasteiger partial charge in [0.05, 0.1) is 6.61 Å². The zero-order valence-electron chi connectivity index (χ0n) is 11.2. The fourth-order valence-electron chi connectivity index (χ4n) is 1.29. The highest BCUT2D eigenvalue weighted by atomic mass is 19.1. The Labute approximate surface area is 116 Å². The van der Waals surface area contributed by atoms with Crippen LogP contribution in [0.2, 0.25) is 0 Å². The number of nitrogens with one attached hydrogen (secondary N) is 1. The molecule has 6 heteroatoms. The monoisotopic (exact) mass is 277 g/mol. The van der Waals surface area contributed by atoms with Crippen LogP contribution in [0.5, 0.6) is 0 Å². The number of halogens is 1. The summed E-state index contributed by atoms with van der Waals surface area (Å²) in [6.07, 6.45) is 5.37. The van der Waals surface area contributed by atoms with E-state index in [1.807, 2.05) is 0 Å². The predicted octanol–water partition coefficient (Wildman–Crippen LogP) is 2.66. The summed E-state index contributed by atoms with van der Waals surface area (Å²) in [7, 11) is 0. The van der Waals surface area contributed by atoms with Gasteiger partial charge in [-0.1, -0.05) is 19.2 Å². The Morgan fingerprint density at radius 2 is 2.25 bits per heavy atom. The van der Waals surface area contributed by atoms with E-state index in [2.05, 4.69) is 28.4 Å². The summed E-state index contributed by atoms with van der Waals surface area (Å²) in [5.41, 5.74) is 0.846. The molecule has 0 saturated heterocycles. The van der Waals surface area contributed by atoms with Crippen LogP contribution in [-0.4, -0.2) is 29.1 Å². The normalized spacial score (nSPS) is 10.3. The zero-order chi connectivity index (χ0) is 15.0. The predicted molar refractivity (Wildman–Crippen MR) is 75.0 cm³/mol. The molecule has 0 fully saturated rings. The second-order valence-electron chi connectivity index (χ2n) is 3.80. The summed E-state index contributed by atoms with van der Waals surface area (Å²) in [5.74, 6) is -0.721. The van der Waals surface area contributed by atoms with Crippen molar-refractivity contribution < 1.29 is 13.9 Å². The molecule has 0 spiro atoms. The van der Waals surface area contributed by atoms with Gasteiger partial charge in [0.25, 0.3) is 0 Å². The minimum atomic E-state index is -0.555. The SMILES string of the molecule is C=C(F)/C=C\C(=C)CNc1ncncc1C(=O)OCC. The molecular weight excluding hydrogens is 261 g/mol. The molecule has 1 rings (SSSR count). The summed E-state index contributed by atoms with van der Waals surface area (Å²) in [4.78, 5) is 19.4. The van der Waals surface area contributed by atoms with Gasteiger partial charge >= 0.3 is 5.97 Å². The topological polar surface area (TPSA) is 64.1 Å². The fourth-order valence-corrected chi connectivity index (χ4v) is 1.29. The lowest BCUT2D eigenvalue weighted by Gasteiger charge is -2.09. The van der Waals surface area contributed by atoms with E-state index in [4.69, 9.17) is 4.74 Å². The lowest BCUT2D eigenvalue weighted by molar-refractivity contribution is 0.0526. The third-order valence-corrected chi connectivity index (χ3v) is 2.19. The van der Waals surface area contributed by atoms with E-state index in [1.165, 1.54) is 24.7 Å². The molecule has 0 amide bonds. The Bertz CT molecular complexity index is 541. The van der Waals surface area contributed by atoms with E-state index < -0.39 is 11.8 Å². The van der Waals surface area contributed by atoms with Crippen LogP contribution in [0.3, 0.4) is 0 Å². The number of esters is 1. The summed E-state index contributed by atoms with van der Waals surface area (Å²) >= 11 is 0. The van der Waals surface area contributed by atoms with Crippen LogP contribution < -0.4 is 5.32 Å². The van der Waals surface area contributed by atoms with Gasteiger partial charge in [-0.25, -0.2) is 19.2 Å². The summed E-state index contributed by atoms with van der Waals surface area (Å²) in [6, 6.07) is 0. The van der Waals surface area contributed by atoms with E-state index >= 15 is 0 Å². The zero-order valence-corrected chi connectivity index (χ0v) is 11.2. The van der Waals surface area contributed by atoms with Gasteiger partial charge in [0.2, 0.25) is 0 Å². The summed E-state index contributed by atoms with van der Waals surface area (Å²) in [5, 5.41) is 2.92. The minimum Gasteiger partial charge on any atom is -0.462 e. The Morgan fingerprint density at radius 3 is 2.90 bits per heavy atom. The molecule has 0 aromatic carbocycles. The molecule has 1 aromatic rings. The third-order valence-electron chi connectivity index (χ3n) is 2.19.